The standard InChI is InChI=1S/C19H19ClN4OS/c1-3-24(14-9-5-4-6-10-14)17(25)13-26-19-22-21-18(23(19)2)15-11-7-8-12-16(15)20/h4-12H,3,13H2,1-2H3. The molecule has 0 atom stereocenters. The summed E-state index contributed by atoms with van der Waals surface area (Å²) in [6, 6.07) is 17.2. The van der Waals surface area contributed by atoms with Crippen molar-refractivity contribution < 1.29 is 4.79 Å². The molecule has 1 amide bonds. The maximum Gasteiger partial charge on any atom is 0.237 e. The molecular formula is C19H19ClN4OS. The van der Waals surface area contributed by atoms with Crippen LogP contribution in [0.5, 0.6) is 0 Å². The summed E-state index contributed by atoms with van der Waals surface area (Å²) in [6.45, 7) is 2.58. The molecule has 0 aliphatic heterocycles. The number of nitrogens with zero attached hydrogens (tertiary/aromatic N) is 4. The van der Waals surface area contributed by atoms with Gasteiger partial charge in [0.2, 0.25) is 5.91 Å². The molecule has 2 aromatic carbocycles. The highest BCUT2D eigenvalue weighted by atomic mass is 35.5. The van der Waals surface area contributed by atoms with Crippen LogP contribution in [-0.2, 0) is 11.8 Å². The first-order valence-electron chi connectivity index (χ1n) is 8.24. The molecule has 0 spiro atoms. The largest absolute Gasteiger partial charge is 0.312 e. The third-order valence-corrected chi connectivity index (χ3v) is 5.29. The summed E-state index contributed by atoms with van der Waals surface area (Å²) in [5.41, 5.74) is 1.72. The number of aromatic nitrogens is 3. The third kappa shape index (κ3) is 3.92. The van der Waals surface area contributed by atoms with E-state index < -0.39 is 0 Å². The van der Waals surface area contributed by atoms with E-state index in [9.17, 15) is 4.79 Å². The number of rotatable bonds is 6. The number of carbonyl (C=O) groups excluding carboxylic acids is 1. The molecule has 1 heterocycles. The number of amides is 1. The van der Waals surface area contributed by atoms with Crippen LogP contribution in [-0.4, -0.2) is 33.0 Å². The number of benzene rings is 2. The van der Waals surface area contributed by atoms with Crippen LogP contribution in [0.1, 0.15) is 6.92 Å². The fourth-order valence-electron chi connectivity index (χ4n) is 2.63. The van der Waals surface area contributed by atoms with Crippen LogP contribution >= 0.6 is 23.4 Å². The summed E-state index contributed by atoms with van der Waals surface area (Å²) in [7, 11) is 1.88. The van der Waals surface area contributed by atoms with E-state index in [4.69, 9.17) is 11.6 Å². The molecule has 1 aromatic heterocycles. The number of para-hydroxylation sites is 1. The molecule has 0 radical (unpaired) electrons. The molecule has 0 saturated carbocycles. The second-order valence-electron chi connectivity index (χ2n) is 5.61. The number of hydrogen-bond donors (Lipinski definition) is 0. The summed E-state index contributed by atoms with van der Waals surface area (Å²) in [5.74, 6) is 1.00. The van der Waals surface area contributed by atoms with Gasteiger partial charge in [0.1, 0.15) is 0 Å². The molecule has 0 fully saturated rings. The molecule has 3 rings (SSSR count). The lowest BCUT2D eigenvalue weighted by atomic mass is 10.2. The van der Waals surface area contributed by atoms with Crippen molar-refractivity contribution in [2.75, 3.05) is 17.2 Å². The topological polar surface area (TPSA) is 51.0 Å². The maximum absolute atomic E-state index is 12.6. The van der Waals surface area contributed by atoms with Gasteiger partial charge in [-0.3, -0.25) is 4.79 Å². The molecule has 5 nitrogen and oxygen atoms in total. The zero-order valence-corrected chi connectivity index (χ0v) is 16.2. The Morgan fingerprint density at radius 2 is 1.81 bits per heavy atom. The Bertz CT molecular complexity index is 898. The number of anilines is 1. The van der Waals surface area contributed by atoms with Crippen LogP contribution in [0.15, 0.2) is 59.8 Å². The molecule has 0 aliphatic rings. The molecule has 26 heavy (non-hydrogen) atoms. The summed E-state index contributed by atoms with van der Waals surface area (Å²) in [4.78, 5) is 14.4. The predicted octanol–water partition coefficient (Wildman–Crippen LogP) is 4.28. The molecule has 3 aromatic rings. The second kappa shape index (κ2) is 8.38. The quantitative estimate of drug-likeness (QED) is 0.593. The van der Waals surface area contributed by atoms with Gasteiger partial charge in [0.15, 0.2) is 11.0 Å². The van der Waals surface area contributed by atoms with Crippen molar-refractivity contribution in [3.05, 3.63) is 59.6 Å². The Labute approximate surface area is 162 Å². The van der Waals surface area contributed by atoms with Gasteiger partial charge in [0.05, 0.1) is 10.8 Å². The molecule has 0 saturated heterocycles. The van der Waals surface area contributed by atoms with Gasteiger partial charge in [-0.15, -0.1) is 10.2 Å². The Kier molecular flexibility index (Phi) is 5.96. The third-order valence-electron chi connectivity index (χ3n) is 3.96. The van der Waals surface area contributed by atoms with Gasteiger partial charge in [-0.2, -0.15) is 0 Å². The van der Waals surface area contributed by atoms with Crippen molar-refractivity contribution in [1.29, 1.82) is 0 Å². The van der Waals surface area contributed by atoms with Crippen molar-refractivity contribution in [1.82, 2.24) is 14.8 Å². The molecule has 0 unspecified atom stereocenters. The van der Waals surface area contributed by atoms with Crippen LogP contribution in [0.25, 0.3) is 11.4 Å². The molecule has 7 heteroatoms. The van der Waals surface area contributed by atoms with Crippen molar-refractivity contribution >= 4 is 35.0 Å². The summed E-state index contributed by atoms with van der Waals surface area (Å²) < 4.78 is 1.86. The Balaban J connectivity index is 1.72. The molecule has 0 bridgehead atoms. The average Bonchev–Trinajstić information content (AvgIpc) is 3.02. The highest BCUT2D eigenvalue weighted by Gasteiger charge is 2.18. The van der Waals surface area contributed by atoms with E-state index >= 15 is 0 Å². The van der Waals surface area contributed by atoms with Crippen LogP contribution in [0, 0.1) is 0 Å². The van der Waals surface area contributed by atoms with Gasteiger partial charge in [-0.1, -0.05) is 53.7 Å². The molecular weight excluding hydrogens is 368 g/mol. The van der Waals surface area contributed by atoms with E-state index in [1.54, 1.807) is 4.90 Å². The molecule has 0 aliphatic carbocycles. The lowest BCUT2D eigenvalue weighted by molar-refractivity contribution is -0.116. The summed E-state index contributed by atoms with van der Waals surface area (Å²) in [6.07, 6.45) is 0. The van der Waals surface area contributed by atoms with Crippen LogP contribution in [0.4, 0.5) is 5.69 Å². The van der Waals surface area contributed by atoms with Crippen molar-refractivity contribution in [2.45, 2.75) is 12.1 Å². The monoisotopic (exact) mass is 386 g/mol. The zero-order valence-electron chi connectivity index (χ0n) is 14.6. The SMILES string of the molecule is CCN(C(=O)CSc1nnc(-c2ccccc2Cl)n1C)c1ccccc1. The van der Waals surface area contributed by atoms with Crippen LogP contribution < -0.4 is 4.90 Å². The van der Waals surface area contributed by atoms with E-state index in [0.29, 0.717) is 22.5 Å². The van der Waals surface area contributed by atoms with Gasteiger partial charge in [0, 0.05) is 24.8 Å². The smallest absolute Gasteiger partial charge is 0.237 e. The number of carbonyl (C=O) groups is 1. The van der Waals surface area contributed by atoms with E-state index in [2.05, 4.69) is 10.2 Å². The highest BCUT2D eigenvalue weighted by Crippen LogP contribution is 2.28. The lowest BCUT2D eigenvalue weighted by Crippen LogP contribution is -2.32. The minimum absolute atomic E-state index is 0.0333. The Morgan fingerprint density at radius 1 is 1.12 bits per heavy atom. The normalized spacial score (nSPS) is 10.7. The summed E-state index contributed by atoms with van der Waals surface area (Å²) >= 11 is 7.62. The maximum atomic E-state index is 12.6. The van der Waals surface area contributed by atoms with Crippen molar-refractivity contribution in [2.24, 2.45) is 7.05 Å². The second-order valence-corrected chi connectivity index (χ2v) is 6.96. The van der Waals surface area contributed by atoms with Gasteiger partial charge in [-0.05, 0) is 31.2 Å². The fraction of sp³-hybridized carbons (Fsp3) is 0.211. The first kappa shape index (κ1) is 18.5. The zero-order chi connectivity index (χ0) is 18.5. The first-order valence-corrected chi connectivity index (χ1v) is 9.60. The minimum Gasteiger partial charge on any atom is -0.312 e. The molecule has 0 N–H and O–H groups in total. The van der Waals surface area contributed by atoms with Gasteiger partial charge in [-0.25, -0.2) is 0 Å². The fourth-order valence-corrected chi connectivity index (χ4v) is 3.64. The number of halogens is 1. The predicted molar refractivity (Wildman–Crippen MR) is 107 cm³/mol. The first-order chi connectivity index (χ1) is 12.6. The van der Waals surface area contributed by atoms with E-state index in [-0.39, 0.29) is 11.7 Å². The van der Waals surface area contributed by atoms with E-state index in [0.717, 1.165) is 11.3 Å². The van der Waals surface area contributed by atoms with Crippen LogP contribution in [0.2, 0.25) is 5.02 Å². The number of hydrogen-bond acceptors (Lipinski definition) is 4. The Morgan fingerprint density at radius 3 is 2.50 bits per heavy atom. The highest BCUT2D eigenvalue weighted by molar-refractivity contribution is 7.99. The lowest BCUT2D eigenvalue weighted by Gasteiger charge is -2.20. The van der Waals surface area contributed by atoms with E-state index in [1.165, 1.54) is 11.8 Å². The summed E-state index contributed by atoms with van der Waals surface area (Å²) in [5, 5.41) is 9.74. The minimum atomic E-state index is 0.0333. The average molecular weight is 387 g/mol. The van der Waals surface area contributed by atoms with Crippen molar-refractivity contribution in [3.8, 4) is 11.4 Å². The van der Waals surface area contributed by atoms with Gasteiger partial charge < -0.3 is 9.47 Å². The van der Waals surface area contributed by atoms with Gasteiger partial charge in [0.25, 0.3) is 0 Å². The van der Waals surface area contributed by atoms with Crippen LogP contribution in [0.3, 0.4) is 0 Å². The van der Waals surface area contributed by atoms with E-state index in [1.807, 2.05) is 73.1 Å². The number of thioether (sulfide) groups is 1. The molecule has 134 valence electrons. The van der Waals surface area contributed by atoms with Gasteiger partial charge >= 0.3 is 0 Å². The van der Waals surface area contributed by atoms with Crippen molar-refractivity contribution in [3.63, 3.8) is 0 Å². The Hall–Kier alpha value is -2.31.